The predicted molar refractivity (Wildman–Crippen MR) is 82.3 cm³/mol. The van der Waals surface area contributed by atoms with Crippen LogP contribution in [0.1, 0.15) is 0 Å². The van der Waals surface area contributed by atoms with Gasteiger partial charge in [0.25, 0.3) is 0 Å². The number of anilines is 1. The van der Waals surface area contributed by atoms with Gasteiger partial charge in [-0.2, -0.15) is 0 Å². The molecule has 1 aromatic rings. The number of rotatable bonds is 5. The molecule has 0 radical (unpaired) electrons. The van der Waals surface area contributed by atoms with E-state index in [0.29, 0.717) is 23.0 Å². The van der Waals surface area contributed by atoms with Crippen molar-refractivity contribution in [1.82, 2.24) is 10.2 Å². The van der Waals surface area contributed by atoms with Crippen LogP contribution < -0.4 is 15.4 Å². The lowest BCUT2D eigenvalue weighted by Gasteiger charge is -2.26. The number of methoxy groups -OCH3 is 1. The SMILES string of the molecule is COc1c(Cl)cccc1NC(=O)NCCN1CCOCC1. The summed E-state index contributed by atoms with van der Waals surface area (Å²) >= 11 is 6.00. The van der Waals surface area contributed by atoms with E-state index in [9.17, 15) is 4.79 Å². The van der Waals surface area contributed by atoms with Gasteiger partial charge >= 0.3 is 6.03 Å². The smallest absolute Gasteiger partial charge is 0.319 e. The van der Waals surface area contributed by atoms with Crippen molar-refractivity contribution in [2.45, 2.75) is 0 Å². The molecule has 2 N–H and O–H groups in total. The minimum atomic E-state index is -0.274. The van der Waals surface area contributed by atoms with Gasteiger partial charge < -0.3 is 20.1 Å². The summed E-state index contributed by atoms with van der Waals surface area (Å²) in [6.07, 6.45) is 0. The van der Waals surface area contributed by atoms with E-state index < -0.39 is 0 Å². The van der Waals surface area contributed by atoms with Gasteiger partial charge in [0, 0.05) is 26.2 Å². The molecule has 0 saturated carbocycles. The Morgan fingerprint density at radius 2 is 2.19 bits per heavy atom. The Kier molecular flexibility index (Phi) is 6.10. The molecular formula is C14H20ClN3O3. The number of carbonyl (C=O) groups excluding carboxylic acids is 1. The number of para-hydroxylation sites is 1. The molecule has 0 unspecified atom stereocenters. The molecule has 0 aromatic heterocycles. The van der Waals surface area contributed by atoms with Crippen LogP contribution in [0.3, 0.4) is 0 Å². The molecule has 0 aliphatic carbocycles. The number of hydrogen-bond acceptors (Lipinski definition) is 4. The van der Waals surface area contributed by atoms with E-state index in [4.69, 9.17) is 21.1 Å². The van der Waals surface area contributed by atoms with Gasteiger partial charge in [-0.3, -0.25) is 4.90 Å². The van der Waals surface area contributed by atoms with Crippen molar-refractivity contribution in [1.29, 1.82) is 0 Å². The highest BCUT2D eigenvalue weighted by Crippen LogP contribution is 2.32. The first-order valence-electron chi connectivity index (χ1n) is 6.88. The molecule has 1 aliphatic rings. The number of hydrogen-bond donors (Lipinski definition) is 2. The van der Waals surface area contributed by atoms with Crippen molar-refractivity contribution in [3.63, 3.8) is 0 Å². The lowest BCUT2D eigenvalue weighted by molar-refractivity contribution is 0.0388. The molecule has 0 atom stereocenters. The van der Waals surface area contributed by atoms with Crippen LogP contribution in [-0.4, -0.2) is 57.4 Å². The maximum atomic E-state index is 11.9. The summed E-state index contributed by atoms with van der Waals surface area (Å²) in [5.41, 5.74) is 0.550. The van der Waals surface area contributed by atoms with Gasteiger partial charge in [-0.1, -0.05) is 17.7 Å². The summed E-state index contributed by atoms with van der Waals surface area (Å²) in [6, 6.07) is 4.94. The number of nitrogens with zero attached hydrogens (tertiary/aromatic N) is 1. The standard InChI is InChI=1S/C14H20ClN3O3/c1-20-13-11(15)3-2-4-12(13)17-14(19)16-5-6-18-7-9-21-10-8-18/h2-4H,5-10H2,1H3,(H2,16,17,19). The highest BCUT2D eigenvalue weighted by molar-refractivity contribution is 6.32. The largest absolute Gasteiger partial charge is 0.493 e. The van der Waals surface area contributed by atoms with Crippen molar-refractivity contribution >= 4 is 23.3 Å². The summed E-state index contributed by atoms with van der Waals surface area (Å²) in [6.45, 7) is 4.72. The number of nitrogens with one attached hydrogen (secondary N) is 2. The third-order valence-corrected chi connectivity index (χ3v) is 3.53. The molecule has 0 spiro atoms. The number of urea groups is 1. The van der Waals surface area contributed by atoms with Crippen molar-refractivity contribution in [2.75, 3.05) is 51.8 Å². The number of amides is 2. The first-order chi connectivity index (χ1) is 10.2. The van der Waals surface area contributed by atoms with E-state index in [2.05, 4.69) is 15.5 Å². The molecule has 0 bridgehead atoms. The fourth-order valence-corrected chi connectivity index (χ4v) is 2.39. The number of halogens is 1. The first kappa shape index (κ1) is 15.9. The van der Waals surface area contributed by atoms with Crippen LogP contribution in [0.2, 0.25) is 5.02 Å². The fourth-order valence-electron chi connectivity index (χ4n) is 2.13. The minimum Gasteiger partial charge on any atom is -0.493 e. The molecular weight excluding hydrogens is 294 g/mol. The number of benzene rings is 1. The summed E-state index contributed by atoms with van der Waals surface area (Å²) in [5.74, 6) is 0.461. The van der Waals surface area contributed by atoms with E-state index in [0.717, 1.165) is 32.8 Å². The predicted octanol–water partition coefficient (Wildman–Crippen LogP) is 1.80. The molecule has 21 heavy (non-hydrogen) atoms. The minimum absolute atomic E-state index is 0.274. The Balaban J connectivity index is 1.78. The molecule has 2 amide bonds. The highest BCUT2D eigenvalue weighted by Gasteiger charge is 2.12. The van der Waals surface area contributed by atoms with E-state index in [1.165, 1.54) is 7.11 Å². The van der Waals surface area contributed by atoms with Gasteiger partial charge in [0.2, 0.25) is 0 Å². The molecule has 7 heteroatoms. The fraction of sp³-hybridized carbons (Fsp3) is 0.500. The monoisotopic (exact) mass is 313 g/mol. The Morgan fingerprint density at radius 1 is 1.43 bits per heavy atom. The van der Waals surface area contributed by atoms with Crippen molar-refractivity contribution in [3.8, 4) is 5.75 Å². The van der Waals surface area contributed by atoms with Gasteiger partial charge in [0.15, 0.2) is 5.75 Å². The van der Waals surface area contributed by atoms with Crippen molar-refractivity contribution in [2.24, 2.45) is 0 Å². The Hall–Kier alpha value is -1.50. The van der Waals surface area contributed by atoms with Gasteiger partial charge in [0.05, 0.1) is 31.0 Å². The van der Waals surface area contributed by atoms with Crippen molar-refractivity contribution in [3.05, 3.63) is 23.2 Å². The lowest BCUT2D eigenvalue weighted by Crippen LogP contribution is -2.42. The van der Waals surface area contributed by atoms with E-state index in [1.807, 2.05) is 0 Å². The van der Waals surface area contributed by atoms with Crippen molar-refractivity contribution < 1.29 is 14.3 Å². The van der Waals surface area contributed by atoms with Gasteiger partial charge in [-0.05, 0) is 12.1 Å². The zero-order valence-corrected chi connectivity index (χ0v) is 12.8. The number of carbonyl (C=O) groups is 1. The number of morpholine rings is 1. The van der Waals surface area contributed by atoms with Crippen LogP contribution in [0.5, 0.6) is 5.75 Å². The lowest BCUT2D eigenvalue weighted by atomic mass is 10.3. The zero-order chi connectivity index (χ0) is 15.1. The quantitative estimate of drug-likeness (QED) is 0.870. The second kappa shape index (κ2) is 8.07. The van der Waals surface area contributed by atoms with Gasteiger partial charge in [-0.15, -0.1) is 0 Å². The maximum absolute atomic E-state index is 11.9. The summed E-state index contributed by atoms with van der Waals surface area (Å²) < 4.78 is 10.5. The topological polar surface area (TPSA) is 62.8 Å². The third kappa shape index (κ3) is 4.77. The Bertz CT molecular complexity index is 479. The summed E-state index contributed by atoms with van der Waals surface area (Å²) in [5, 5.41) is 6.02. The number of ether oxygens (including phenoxy) is 2. The molecule has 1 fully saturated rings. The second-order valence-electron chi connectivity index (χ2n) is 4.66. The first-order valence-corrected chi connectivity index (χ1v) is 7.26. The van der Waals surface area contributed by atoms with Gasteiger partial charge in [-0.25, -0.2) is 4.79 Å². The Morgan fingerprint density at radius 3 is 2.90 bits per heavy atom. The van der Waals surface area contributed by atoms with E-state index in [-0.39, 0.29) is 6.03 Å². The van der Waals surface area contributed by atoms with Crippen LogP contribution in [0.4, 0.5) is 10.5 Å². The average Bonchev–Trinajstić information content (AvgIpc) is 2.48. The molecule has 1 saturated heterocycles. The van der Waals surface area contributed by atoms with E-state index in [1.54, 1.807) is 18.2 Å². The van der Waals surface area contributed by atoms with Crippen LogP contribution in [0, 0.1) is 0 Å². The second-order valence-corrected chi connectivity index (χ2v) is 5.06. The third-order valence-electron chi connectivity index (χ3n) is 3.24. The van der Waals surface area contributed by atoms with Crippen LogP contribution in [0.15, 0.2) is 18.2 Å². The van der Waals surface area contributed by atoms with Gasteiger partial charge in [0.1, 0.15) is 0 Å². The average molecular weight is 314 g/mol. The van der Waals surface area contributed by atoms with E-state index >= 15 is 0 Å². The molecule has 1 aromatic carbocycles. The highest BCUT2D eigenvalue weighted by atomic mass is 35.5. The zero-order valence-electron chi connectivity index (χ0n) is 12.0. The molecule has 2 rings (SSSR count). The van der Waals surface area contributed by atoms with Crippen LogP contribution in [0.25, 0.3) is 0 Å². The normalized spacial score (nSPS) is 15.5. The van der Waals surface area contributed by atoms with Crippen LogP contribution in [-0.2, 0) is 4.74 Å². The molecule has 1 heterocycles. The molecule has 6 nitrogen and oxygen atoms in total. The molecule has 116 valence electrons. The maximum Gasteiger partial charge on any atom is 0.319 e. The summed E-state index contributed by atoms with van der Waals surface area (Å²) in [7, 11) is 1.52. The molecule has 1 aliphatic heterocycles. The van der Waals surface area contributed by atoms with Crippen LogP contribution >= 0.6 is 11.6 Å². The summed E-state index contributed by atoms with van der Waals surface area (Å²) in [4.78, 5) is 14.1. The Labute approximate surface area is 129 Å².